The Labute approximate surface area is 95.1 Å². The van der Waals surface area contributed by atoms with Crippen molar-refractivity contribution in [3.63, 3.8) is 0 Å². The highest BCUT2D eigenvalue weighted by Crippen LogP contribution is 2.25. The average Bonchev–Trinajstić information content (AvgIpc) is 2.83. The molecule has 1 N–H and O–H groups in total. The summed E-state index contributed by atoms with van der Waals surface area (Å²) in [6.45, 7) is 5.12. The molecule has 0 aliphatic carbocycles. The van der Waals surface area contributed by atoms with E-state index in [2.05, 4.69) is 39.3 Å². The first kappa shape index (κ1) is 9.46. The molecule has 0 fully saturated rings. The molecule has 1 aliphatic rings. The number of hydrogen-bond donors (Lipinski definition) is 1. The van der Waals surface area contributed by atoms with Crippen molar-refractivity contribution >= 4 is 5.69 Å². The van der Waals surface area contributed by atoms with Crippen LogP contribution < -0.4 is 5.32 Å². The molecular weight excluding hydrogens is 198 g/mol. The van der Waals surface area contributed by atoms with Crippen LogP contribution in [0.1, 0.15) is 17.1 Å². The van der Waals surface area contributed by atoms with Gasteiger partial charge >= 0.3 is 0 Å². The number of aromatic nitrogens is 2. The van der Waals surface area contributed by atoms with Gasteiger partial charge in [0.25, 0.3) is 0 Å². The monoisotopic (exact) mass is 213 g/mol. The first-order valence-corrected chi connectivity index (χ1v) is 5.64. The molecule has 0 amide bonds. The van der Waals surface area contributed by atoms with E-state index < -0.39 is 0 Å². The quantitative estimate of drug-likeness (QED) is 0.788. The summed E-state index contributed by atoms with van der Waals surface area (Å²) in [6.07, 6.45) is 3.20. The summed E-state index contributed by atoms with van der Waals surface area (Å²) >= 11 is 0. The highest BCUT2D eigenvalue weighted by Gasteiger charge is 2.11. The summed E-state index contributed by atoms with van der Waals surface area (Å²) in [5, 5.41) is 3.37. The number of fused-ring (bicyclic) bond motifs is 1. The van der Waals surface area contributed by atoms with E-state index in [1.807, 2.05) is 13.8 Å². The fraction of sp³-hybridized carbons (Fsp3) is 0.308. The van der Waals surface area contributed by atoms with Crippen LogP contribution in [0.2, 0.25) is 0 Å². The van der Waals surface area contributed by atoms with E-state index in [0.29, 0.717) is 0 Å². The van der Waals surface area contributed by atoms with Gasteiger partial charge in [0.2, 0.25) is 0 Å². The van der Waals surface area contributed by atoms with Gasteiger partial charge in [0, 0.05) is 24.1 Å². The summed E-state index contributed by atoms with van der Waals surface area (Å²) in [7, 11) is 0. The number of imidazole rings is 1. The summed E-state index contributed by atoms with van der Waals surface area (Å²) < 4.78 is 2.15. The molecule has 2 aromatic rings. The Morgan fingerprint density at radius 2 is 2.19 bits per heavy atom. The Morgan fingerprint density at radius 3 is 2.94 bits per heavy atom. The van der Waals surface area contributed by atoms with Gasteiger partial charge in [0.05, 0.1) is 5.69 Å². The standard InChI is InChI=1S/C13H15N3/c1-9-8-16(10(2)15-9)12-3-4-13-11(7-12)5-6-14-13/h3-4,7-8,14H,5-6H2,1-2H3. The van der Waals surface area contributed by atoms with Gasteiger partial charge in [-0.3, -0.25) is 0 Å². The molecule has 1 aromatic carbocycles. The molecule has 1 aliphatic heterocycles. The summed E-state index contributed by atoms with van der Waals surface area (Å²) in [5.41, 5.74) is 4.96. The molecule has 0 atom stereocenters. The van der Waals surface area contributed by atoms with Crippen molar-refractivity contribution in [2.45, 2.75) is 20.3 Å². The summed E-state index contributed by atoms with van der Waals surface area (Å²) in [5.74, 6) is 1.04. The third-order valence-electron chi connectivity index (χ3n) is 3.08. The molecule has 3 rings (SSSR count). The lowest BCUT2D eigenvalue weighted by molar-refractivity contribution is 0.970. The van der Waals surface area contributed by atoms with Crippen molar-refractivity contribution in [1.29, 1.82) is 0 Å². The topological polar surface area (TPSA) is 29.9 Å². The Hall–Kier alpha value is -1.77. The third-order valence-corrected chi connectivity index (χ3v) is 3.08. The van der Waals surface area contributed by atoms with Crippen molar-refractivity contribution in [2.75, 3.05) is 11.9 Å². The molecule has 2 heterocycles. The van der Waals surface area contributed by atoms with Crippen molar-refractivity contribution in [3.8, 4) is 5.69 Å². The average molecular weight is 213 g/mol. The van der Waals surface area contributed by atoms with E-state index in [9.17, 15) is 0 Å². The molecule has 3 nitrogen and oxygen atoms in total. The zero-order valence-electron chi connectivity index (χ0n) is 9.62. The number of nitrogens with one attached hydrogen (secondary N) is 1. The first-order chi connectivity index (χ1) is 7.74. The normalized spacial score (nSPS) is 13.6. The van der Waals surface area contributed by atoms with Crippen LogP contribution in [0.3, 0.4) is 0 Å². The van der Waals surface area contributed by atoms with Crippen molar-refractivity contribution in [2.24, 2.45) is 0 Å². The van der Waals surface area contributed by atoms with Gasteiger partial charge in [0.15, 0.2) is 0 Å². The van der Waals surface area contributed by atoms with Crippen molar-refractivity contribution < 1.29 is 0 Å². The smallest absolute Gasteiger partial charge is 0.110 e. The molecule has 0 saturated heterocycles. The SMILES string of the molecule is Cc1cn(-c2ccc3c(c2)CCN3)c(C)n1. The molecule has 0 saturated carbocycles. The minimum absolute atomic E-state index is 1.04. The minimum atomic E-state index is 1.04. The van der Waals surface area contributed by atoms with Gasteiger partial charge in [0.1, 0.15) is 5.82 Å². The Morgan fingerprint density at radius 1 is 1.31 bits per heavy atom. The molecule has 3 heteroatoms. The van der Waals surface area contributed by atoms with E-state index in [1.54, 1.807) is 0 Å². The van der Waals surface area contributed by atoms with Gasteiger partial charge in [-0.25, -0.2) is 4.98 Å². The van der Waals surface area contributed by atoms with E-state index in [0.717, 1.165) is 24.5 Å². The zero-order valence-corrected chi connectivity index (χ0v) is 9.62. The highest BCUT2D eigenvalue weighted by atomic mass is 15.1. The first-order valence-electron chi connectivity index (χ1n) is 5.64. The van der Waals surface area contributed by atoms with Gasteiger partial charge in [-0.1, -0.05) is 0 Å². The lowest BCUT2D eigenvalue weighted by Gasteiger charge is -2.07. The third kappa shape index (κ3) is 1.40. The summed E-state index contributed by atoms with van der Waals surface area (Å²) in [6, 6.07) is 6.56. The van der Waals surface area contributed by atoms with Crippen LogP contribution >= 0.6 is 0 Å². The maximum Gasteiger partial charge on any atom is 0.110 e. The van der Waals surface area contributed by atoms with Crippen molar-refractivity contribution in [3.05, 3.63) is 41.5 Å². The minimum Gasteiger partial charge on any atom is -0.384 e. The van der Waals surface area contributed by atoms with E-state index >= 15 is 0 Å². The van der Waals surface area contributed by atoms with Crippen LogP contribution in [0.5, 0.6) is 0 Å². The van der Waals surface area contributed by atoms with Crippen LogP contribution in [-0.2, 0) is 6.42 Å². The molecule has 0 spiro atoms. The number of anilines is 1. The number of rotatable bonds is 1. The largest absolute Gasteiger partial charge is 0.384 e. The Balaban J connectivity index is 2.10. The lowest BCUT2D eigenvalue weighted by Crippen LogP contribution is -1.96. The van der Waals surface area contributed by atoms with Crippen LogP contribution in [0.25, 0.3) is 5.69 Å². The van der Waals surface area contributed by atoms with E-state index in [1.165, 1.54) is 16.9 Å². The van der Waals surface area contributed by atoms with Gasteiger partial charge in [-0.2, -0.15) is 0 Å². The molecule has 82 valence electrons. The molecule has 0 unspecified atom stereocenters. The highest BCUT2D eigenvalue weighted by molar-refractivity contribution is 5.59. The summed E-state index contributed by atoms with van der Waals surface area (Å²) in [4.78, 5) is 4.43. The maximum absolute atomic E-state index is 4.43. The second-order valence-corrected chi connectivity index (χ2v) is 4.32. The van der Waals surface area contributed by atoms with E-state index in [-0.39, 0.29) is 0 Å². The molecule has 0 radical (unpaired) electrons. The van der Waals surface area contributed by atoms with Crippen LogP contribution in [0.15, 0.2) is 24.4 Å². The fourth-order valence-electron chi connectivity index (χ4n) is 2.32. The van der Waals surface area contributed by atoms with Crippen LogP contribution in [0, 0.1) is 13.8 Å². The fourth-order valence-corrected chi connectivity index (χ4v) is 2.32. The lowest BCUT2D eigenvalue weighted by atomic mass is 10.1. The van der Waals surface area contributed by atoms with Crippen LogP contribution in [-0.4, -0.2) is 16.1 Å². The maximum atomic E-state index is 4.43. The van der Waals surface area contributed by atoms with Gasteiger partial charge < -0.3 is 9.88 Å². The van der Waals surface area contributed by atoms with Crippen molar-refractivity contribution in [1.82, 2.24) is 9.55 Å². The number of hydrogen-bond acceptors (Lipinski definition) is 2. The second-order valence-electron chi connectivity index (χ2n) is 4.32. The Kier molecular flexibility index (Phi) is 1.99. The number of aryl methyl sites for hydroxylation is 2. The molecule has 16 heavy (non-hydrogen) atoms. The van der Waals surface area contributed by atoms with Crippen LogP contribution in [0.4, 0.5) is 5.69 Å². The predicted molar refractivity (Wildman–Crippen MR) is 65.2 cm³/mol. The van der Waals surface area contributed by atoms with E-state index in [4.69, 9.17) is 0 Å². The predicted octanol–water partition coefficient (Wildman–Crippen LogP) is 2.46. The Bertz CT molecular complexity index is 540. The van der Waals surface area contributed by atoms with Gasteiger partial charge in [-0.15, -0.1) is 0 Å². The molecular formula is C13H15N3. The molecule has 1 aromatic heterocycles. The molecule has 0 bridgehead atoms. The zero-order chi connectivity index (χ0) is 11.1. The number of benzene rings is 1. The van der Waals surface area contributed by atoms with Gasteiger partial charge in [-0.05, 0) is 44.0 Å². The number of nitrogens with zero attached hydrogens (tertiary/aromatic N) is 2. The second kappa shape index (κ2) is 3.37.